The second kappa shape index (κ2) is 5.66. The number of esters is 2. The van der Waals surface area contributed by atoms with Gasteiger partial charge in [0.2, 0.25) is 0 Å². The molecule has 0 bridgehead atoms. The van der Waals surface area contributed by atoms with Gasteiger partial charge in [-0.15, -0.1) is 0 Å². The van der Waals surface area contributed by atoms with Crippen molar-refractivity contribution < 1.29 is 23.9 Å². The summed E-state index contributed by atoms with van der Waals surface area (Å²) in [6.45, 7) is 7.95. The van der Waals surface area contributed by atoms with Crippen molar-refractivity contribution in [3.05, 3.63) is 0 Å². The van der Waals surface area contributed by atoms with E-state index in [1.54, 1.807) is 13.8 Å². The average Bonchev–Trinajstić information content (AvgIpc) is 3.12. The molecule has 0 spiro atoms. The van der Waals surface area contributed by atoms with Gasteiger partial charge in [-0.05, 0) is 32.6 Å². The predicted molar refractivity (Wildman–Crippen MR) is 75.6 cm³/mol. The summed E-state index contributed by atoms with van der Waals surface area (Å²) in [5, 5.41) is 4.05. The molecule has 1 saturated carbocycles. The van der Waals surface area contributed by atoms with Gasteiger partial charge >= 0.3 is 11.9 Å². The summed E-state index contributed by atoms with van der Waals surface area (Å²) in [7, 11) is 0. The van der Waals surface area contributed by atoms with Crippen LogP contribution in [0.2, 0.25) is 0 Å². The zero-order chi connectivity index (χ0) is 15.7. The molecule has 1 aliphatic heterocycles. The SMILES string of the molecule is CCOC(=O)C1(C2(C(=O)OCC)CC(C(C)C)=NO2)CC1. The molecule has 1 heterocycles. The molecule has 1 unspecified atom stereocenters. The monoisotopic (exact) mass is 297 g/mol. The number of carbonyl (C=O) groups is 2. The van der Waals surface area contributed by atoms with Crippen molar-refractivity contribution in [1.82, 2.24) is 0 Å². The van der Waals surface area contributed by atoms with E-state index in [2.05, 4.69) is 5.16 Å². The maximum Gasteiger partial charge on any atom is 0.355 e. The molecule has 2 aliphatic rings. The summed E-state index contributed by atoms with van der Waals surface area (Å²) in [6, 6.07) is 0. The van der Waals surface area contributed by atoms with Gasteiger partial charge in [-0.1, -0.05) is 19.0 Å². The van der Waals surface area contributed by atoms with Crippen LogP contribution in [0.4, 0.5) is 0 Å². The molecule has 0 aromatic rings. The first-order valence-corrected chi connectivity index (χ1v) is 7.53. The largest absolute Gasteiger partial charge is 0.465 e. The van der Waals surface area contributed by atoms with Crippen LogP contribution in [0.25, 0.3) is 0 Å². The summed E-state index contributed by atoms with van der Waals surface area (Å²) in [5.74, 6) is -0.757. The number of oxime groups is 1. The van der Waals surface area contributed by atoms with Gasteiger partial charge < -0.3 is 14.3 Å². The quantitative estimate of drug-likeness (QED) is 0.702. The highest BCUT2D eigenvalue weighted by Gasteiger charge is 2.74. The Morgan fingerprint density at radius 2 is 1.76 bits per heavy atom. The number of hydrogen-bond donors (Lipinski definition) is 0. The lowest BCUT2D eigenvalue weighted by atomic mass is 9.78. The van der Waals surface area contributed by atoms with E-state index in [1.807, 2.05) is 13.8 Å². The third kappa shape index (κ3) is 2.40. The van der Waals surface area contributed by atoms with Crippen molar-refractivity contribution in [3.8, 4) is 0 Å². The van der Waals surface area contributed by atoms with Crippen molar-refractivity contribution in [2.75, 3.05) is 13.2 Å². The highest BCUT2D eigenvalue weighted by Crippen LogP contribution is 2.60. The molecule has 0 radical (unpaired) electrons. The first-order chi connectivity index (χ1) is 9.93. The average molecular weight is 297 g/mol. The van der Waals surface area contributed by atoms with Crippen molar-refractivity contribution in [3.63, 3.8) is 0 Å². The van der Waals surface area contributed by atoms with E-state index in [1.165, 1.54) is 0 Å². The van der Waals surface area contributed by atoms with Gasteiger partial charge in [0.25, 0.3) is 5.60 Å². The standard InChI is InChI=1S/C15H23NO5/c1-5-19-12(17)14(7-8-14)15(13(18)20-6-2)9-11(10(3)4)16-21-15/h10H,5-9H2,1-4H3. The molecule has 118 valence electrons. The van der Waals surface area contributed by atoms with Crippen LogP contribution in [-0.4, -0.2) is 36.5 Å². The van der Waals surface area contributed by atoms with Crippen LogP contribution in [0, 0.1) is 11.3 Å². The van der Waals surface area contributed by atoms with Gasteiger partial charge in [0.05, 0.1) is 18.9 Å². The fourth-order valence-corrected chi connectivity index (χ4v) is 2.74. The van der Waals surface area contributed by atoms with Crippen LogP contribution >= 0.6 is 0 Å². The second-order valence-corrected chi connectivity index (χ2v) is 5.86. The molecule has 0 aromatic heterocycles. The van der Waals surface area contributed by atoms with Crippen LogP contribution in [0.1, 0.15) is 47.0 Å². The van der Waals surface area contributed by atoms with Gasteiger partial charge in [-0.25, -0.2) is 4.79 Å². The molecule has 1 fully saturated rings. The maximum absolute atomic E-state index is 12.5. The molecule has 6 nitrogen and oxygen atoms in total. The lowest BCUT2D eigenvalue weighted by Crippen LogP contribution is -2.52. The number of nitrogens with zero attached hydrogens (tertiary/aromatic N) is 1. The Kier molecular flexibility index (Phi) is 4.25. The fraction of sp³-hybridized carbons (Fsp3) is 0.800. The Morgan fingerprint density at radius 1 is 1.19 bits per heavy atom. The van der Waals surface area contributed by atoms with Crippen LogP contribution in [0.5, 0.6) is 0 Å². The van der Waals surface area contributed by atoms with E-state index in [-0.39, 0.29) is 19.1 Å². The van der Waals surface area contributed by atoms with E-state index in [0.29, 0.717) is 19.3 Å². The van der Waals surface area contributed by atoms with Crippen molar-refractivity contribution in [2.45, 2.75) is 52.6 Å². The summed E-state index contributed by atoms with van der Waals surface area (Å²) in [6.07, 6.45) is 1.42. The summed E-state index contributed by atoms with van der Waals surface area (Å²) in [4.78, 5) is 30.4. The van der Waals surface area contributed by atoms with Crippen molar-refractivity contribution >= 4 is 17.7 Å². The van der Waals surface area contributed by atoms with Crippen LogP contribution < -0.4 is 0 Å². The zero-order valence-corrected chi connectivity index (χ0v) is 13.1. The molecule has 6 heteroatoms. The molecule has 0 aromatic carbocycles. The molecule has 0 N–H and O–H groups in total. The number of hydrogen-bond acceptors (Lipinski definition) is 6. The maximum atomic E-state index is 12.5. The number of ether oxygens (including phenoxy) is 2. The van der Waals surface area contributed by atoms with Gasteiger partial charge in [0.15, 0.2) is 0 Å². The van der Waals surface area contributed by atoms with Crippen molar-refractivity contribution in [2.24, 2.45) is 16.5 Å². The number of carbonyl (C=O) groups excluding carboxylic acids is 2. The van der Waals surface area contributed by atoms with E-state index < -0.39 is 23.0 Å². The first-order valence-electron chi connectivity index (χ1n) is 7.53. The molecular weight excluding hydrogens is 274 g/mol. The van der Waals surface area contributed by atoms with Gasteiger partial charge in [-0.2, -0.15) is 0 Å². The Morgan fingerprint density at radius 3 is 2.19 bits per heavy atom. The Labute approximate surface area is 124 Å². The minimum absolute atomic E-state index is 0.152. The Bertz CT molecular complexity index is 467. The molecule has 21 heavy (non-hydrogen) atoms. The topological polar surface area (TPSA) is 74.2 Å². The molecule has 1 atom stereocenters. The molecule has 0 saturated heterocycles. The molecular formula is C15H23NO5. The minimum Gasteiger partial charge on any atom is -0.465 e. The molecule has 0 amide bonds. The predicted octanol–water partition coefficient (Wildman–Crippen LogP) is 2.06. The van der Waals surface area contributed by atoms with E-state index >= 15 is 0 Å². The first kappa shape index (κ1) is 15.8. The van der Waals surface area contributed by atoms with Crippen LogP contribution in [0.15, 0.2) is 5.16 Å². The summed E-state index contributed by atoms with van der Waals surface area (Å²) < 4.78 is 10.3. The summed E-state index contributed by atoms with van der Waals surface area (Å²) in [5.41, 5.74) is -1.52. The zero-order valence-electron chi connectivity index (χ0n) is 13.1. The fourth-order valence-electron chi connectivity index (χ4n) is 2.74. The molecule has 1 aliphatic carbocycles. The van der Waals surface area contributed by atoms with Crippen LogP contribution in [0.3, 0.4) is 0 Å². The van der Waals surface area contributed by atoms with E-state index in [0.717, 1.165) is 5.71 Å². The Hall–Kier alpha value is -1.59. The van der Waals surface area contributed by atoms with E-state index in [4.69, 9.17) is 14.3 Å². The smallest absolute Gasteiger partial charge is 0.355 e. The number of rotatable bonds is 6. The van der Waals surface area contributed by atoms with Crippen LogP contribution in [-0.2, 0) is 23.9 Å². The van der Waals surface area contributed by atoms with Gasteiger partial charge in [0.1, 0.15) is 5.41 Å². The highest BCUT2D eigenvalue weighted by molar-refractivity contribution is 6.00. The normalized spacial score (nSPS) is 26.0. The lowest BCUT2D eigenvalue weighted by molar-refractivity contribution is -0.189. The second-order valence-electron chi connectivity index (χ2n) is 5.86. The van der Waals surface area contributed by atoms with Gasteiger partial charge in [0, 0.05) is 6.42 Å². The highest BCUT2D eigenvalue weighted by atomic mass is 16.7. The Balaban J connectivity index is 2.31. The third-order valence-electron chi connectivity index (χ3n) is 4.21. The summed E-state index contributed by atoms with van der Waals surface area (Å²) >= 11 is 0. The third-order valence-corrected chi connectivity index (χ3v) is 4.21. The lowest BCUT2D eigenvalue weighted by Gasteiger charge is -2.31. The molecule has 2 rings (SSSR count). The van der Waals surface area contributed by atoms with Crippen molar-refractivity contribution in [1.29, 1.82) is 0 Å². The minimum atomic E-state index is -1.35. The van der Waals surface area contributed by atoms with E-state index in [9.17, 15) is 9.59 Å². The van der Waals surface area contributed by atoms with Gasteiger partial charge in [-0.3, -0.25) is 4.79 Å².